The molecular weight excluding hydrogens is 344 g/mol. The van der Waals surface area contributed by atoms with Gasteiger partial charge in [-0.05, 0) is 37.0 Å². The Balaban J connectivity index is 1.50. The number of aromatic amines is 1. The van der Waals surface area contributed by atoms with E-state index >= 15 is 0 Å². The van der Waals surface area contributed by atoms with Crippen molar-refractivity contribution < 1.29 is 9.59 Å². The molecule has 1 aliphatic rings. The smallest absolute Gasteiger partial charge is 0.264 e. The second kappa shape index (κ2) is 9.12. The molecule has 0 atom stereocenters. The molecule has 1 aliphatic carbocycles. The summed E-state index contributed by atoms with van der Waals surface area (Å²) in [5, 5.41) is 11.8. The summed E-state index contributed by atoms with van der Waals surface area (Å²) in [5.74, 6) is 0.102. The molecule has 3 N–H and O–H groups in total. The number of benzene rings is 1. The first kappa shape index (κ1) is 18.8. The second-order valence-electron chi connectivity index (χ2n) is 6.92. The van der Waals surface area contributed by atoms with Gasteiger partial charge in [0.25, 0.3) is 5.56 Å². The van der Waals surface area contributed by atoms with Crippen molar-refractivity contribution in [2.75, 3.05) is 11.9 Å². The molecule has 2 amide bonds. The highest BCUT2D eigenvalue weighted by Crippen LogP contribution is 2.26. The number of nitrogens with zero attached hydrogens (tertiary/aromatic N) is 1. The monoisotopic (exact) mass is 368 g/mol. The molecule has 2 aromatic rings. The van der Waals surface area contributed by atoms with Crippen molar-refractivity contribution >= 4 is 17.5 Å². The first-order valence-corrected chi connectivity index (χ1v) is 9.33. The maximum absolute atomic E-state index is 12.1. The molecule has 142 valence electrons. The number of amides is 2. The van der Waals surface area contributed by atoms with Crippen LogP contribution < -0.4 is 16.2 Å². The van der Waals surface area contributed by atoms with Crippen LogP contribution in [0.2, 0.25) is 0 Å². The number of carbonyl (C=O) groups excluding carboxylic acids is 2. The van der Waals surface area contributed by atoms with Gasteiger partial charge in [-0.2, -0.15) is 5.10 Å². The molecule has 0 bridgehead atoms. The summed E-state index contributed by atoms with van der Waals surface area (Å²) in [6.45, 7) is -0.0489. The van der Waals surface area contributed by atoms with E-state index in [9.17, 15) is 14.4 Å². The van der Waals surface area contributed by atoms with Crippen LogP contribution >= 0.6 is 0 Å². The van der Waals surface area contributed by atoms with Crippen LogP contribution in [0, 0.1) is 5.92 Å². The van der Waals surface area contributed by atoms with Gasteiger partial charge in [0, 0.05) is 23.7 Å². The van der Waals surface area contributed by atoms with Crippen LogP contribution in [0.3, 0.4) is 0 Å². The van der Waals surface area contributed by atoms with Crippen molar-refractivity contribution in [3.63, 3.8) is 0 Å². The van der Waals surface area contributed by atoms with Gasteiger partial charge in [0.05, 0.1) is 12.2 Å². The number of hydrogen-bond donors (Lipinski definition) is 3. The minimum atomic E-state index is -0.279. The van der Waals surface area contributed by atoms with Crippen LogP contribution in [0.25, 0.3) is 11.3 Å². The van der Waals surface area contributed by atoms with Gasteiger partial charge >= 0.3 is 0 Å². The second-order valence-corrected chi connectivity index (χ2v) is 6.92. The molecule has 0 radical (unpaired) electrons. The van der Waals surface area contributed by atoms with Crippen molar-refractivity contribution in [3.05, 3.63) is 46.8 Å². The van der Waals surface area contributed by atoms with Gasteiger partial charge < -0.3 is 10.6 Å². The summed E-state index contributed by atoms with van der Waals surface area (Å²) >= 11 is 0. The SMILES string of the molecule is O=C(CC1CCCCC1)NCC(=O)Nc1cccc(-c2ccc(=O)[nH]n2)c1. The fourth-order valence-corrected chi connectivity index (χ4v) is 3.37. The highest BCUT2D eigenvalue weighted by atomic mass is 16.2. The molecule has 0 unspecified atom stereocenters. The van der Waals surface area contributed by atoms with E-state index in [1.165, 1.54) is 25.3 Å². The summed E-state index contributed by atoms with van der Waals surface area (Å²) in [7, 11) is 0. The van der Waals surface area contributed by atoms with E-state index in [0.717, 1.165) is 18.4 Å². The molecule has 1 heterocycles. The van der Waals surface area contributed by atoms with Crippen molar-refractivity contribution in [1.82, 2.24) is 15.5 Å². The van der Waals surface area contributed by atoms with Gasteiger partial charge in [0.15, 0.2) is 0 Å². The topological polar surface area (TPSA) is 104 Å². The lowest BCUT2D eigenvalue weighted by Gasteiger charge is -2.20. The highest BCUT2D eigenvalue weighted by molar-refractivity contribution is 5.95. The number of anilines is 1. The Labute approximate surface area is 157 Å². The Bertz CT molecular complexity index is 836. The van der Waals surface area contributed by atoms with Crippen LogP contribution in [-0.2, 0) is 9.59 Å². The van der Waals surface area contributed by atoms with Crippen LogP contribution in [-0.4, -0.2) is 28.6 Å². The summed E-state index contributed by atoms with van der Waals surface area (Å²) in [6, 6.07) is 10.2. The van der Waals surface area contributed by atoms with Gasteiger partial charge in [-0.1, -0.05) is 31.4 Å². The average Bonchev–Trinajstić information content (AvgIpc) is 2.68. The number of rotatable bonds is 6. The van der Waals surface area contributed by atoms with Crippen LogP contribution in [0.5, 0.6) is 0 Å². The fourth-order valence-electron chi connectivity index (χ4n) is 3.37. The number of carbonyl (C=O) groups is 2. The maximum atomic E-state index is 12.1. The van der Waals surface area contributed by atoms with E-state index in [0.29, 0.717) is 23.7 Å². The third-order valence-electron chi connectivity index (χ3n) is 4.77. The van der Waals surface area contributed by atoms with Gasteiger partial charge in [-0.15, -0.1) is 0 Å². The van der Waals surface area contributed by atoms with Crippen molar-refractivity contribution in [1.29, 1.82) is 0 Å². The molecule has 7 heteroatoms. The standard InChI is InChI=1S/C20H24N4O3/c25-18-10-9-17(23-24-18)15-7-4-8-16(12-15)22-20(27)13-21-19(26)11-14-5-2-1-3-6-14/h4,7-10,12,14H,1-3,5-6,11,13H2,(H,21,26)(H,22,27)(H,24,25). The fraction of sp³-hybridized carbons (Fsp3) is 0.400. The first-order chi connectivity index (χ1) is 13.1. The normalized spacial score (nSPS) is 14.5. The zero-order chi connectivity index (χ0) is 19.1. The summed E-state index contributed by atoms with van der Waals surface area (Å²) in [4.78, 5) is 35.2. The lowest BCUT2D eigenvalue weighted by Crippen LogP contribution is -2.34. The molecule has 1 fully saturated rings. The van der Waals surface area contributed by atoms with E-state index in [1.54, 1.807) is 24.3 Å². The largest absolute Gasteiger partial charge is 0.347 e. The van der Waals surface area contributed by atoms with E-state index in [1.807, 2.05) is 6.07 Å². The van der Waals surface area contributed by atoms with Crippen molar-refractivity contribution in [3.8, 4) is 11.3 Å². The van der Waals surface area contributed by atoms with E-state index < -0.39 is 0 Å². The van der Waals surface area contributed by atoms with E-state index in [-0.39, 0.29) is 23.9 Å². The number of aromatic nitrogens is 2. The molecule has 0 spiro atoms. The Morgan fingerprint density at radius 1 is 1.07 bits per heavy atom. The molecule has 1 aromatic heterocycles. The lowest BCUT2D eigenvalue weighted by molar-refractivity contribution is -0.125. The molecule has 1 saturated carbocycles. The molecule has 1 aromatic carbocycles. The summed E-state index contributed by atoms with van der Waals surface area (Å²) in [6.07, 6.45) is 6.35. The van der Waals surface area contributed by atoms with E-state index in [4.69, 9.17) is 0 Å². The maximum Gasteiger partial charge on any atom is 0.264 e. The lowest BCUT2D eigenvalue weighted by atomic mass is 9.87. The van der Waals surface area contributed by atoms with Crippen LogP contribution in [0.1, 0.15) is 38.5 Å². The van der Waals surface area contributed by atoms with Gasteiger partial charge in [-0.3, -0.25) is 14.4 Å². The van der Waals surface area contributed by atoms with Crippen molar-refractivity contribution in [2.45, 2.75) is 38.5 Å². The number of nitrogens with one attached hydrogen (secondary N) is 3. The molecular formula is C20H24N4O3. The number of H-pyrrole nitrogens is 1. The average molecular weight is 368 g/mol. The molecule has 0 saturated heterocycles. The third kappa shape index (κ3) is 5.77. The summed E-state index contributed by atoms with van der Waals surface area (Å²) in [5.41, 5.74) is 1.70. The van der Waals surface area contributed by atoms with Gasteiger partial charge in [-0.25, -0.2) is 5.10 Å². The van der Waals surface area contributed by atoms with Crippen LogP contribution in [0.4, 0.5) is 5.69 Å². The first-order valence-electron chi connectivity index (χ1n) is 9.33. The van der Waals surface area contributed by atoms with E-state index in [2.05, 4.69) is 20.8 Å². The highest BCUT2D eigenvalue weighted by Gasteiger charge is 2.17. The Morgan fingerprint density at radius 2 is 1.89 bits per heavy atom. The molecule has 0 aliphatic heterocycles. The van der Waals surface area contributed by atoms with Gasteiger partial charge in [0.2, 0.25) is 11.8 Å². The predicted molar refractivity (Wildman–Crippen MR) is 103 cm³/mol. The zero-order valence-electron chi connectivity index (χ0n) is 15.2. The number of hydrogen-bond acceptors (Lipinski definition) is 4. The van der Waals surface area contributed by atoms with Crippen LogP contribution in [0.15, 0.2) is 41.2 Å². The summed E-state index contributed by atoms with van der Waals surface area (Å²) < 4.78 is 0. The van der Waals surface area contributed by atoms with Gasteiger partial charge in [0.1, 0.15) is 0 Å². The molecule has 27 heavy (non-hydrogen) atoms. The molecule has 7 nitrogen and oxygen atoms in total. The Morgan fingerprint density at radius 3 is 2.63 bits per heavy atom. The third-order valence-corrected chi connectivity index (χ3v) is 4.77. The predicted octanol–water partition coefficient (Wildman–Crippen LogP) is 2.46. The minimum absolute atomic E-state index is 0.0489. The Hall–Kier alpha value is -2.96. The Kier molecular flexibility index (Phi) is 6.35. The van der Waals surface area contributed by atoms with Crippen molar-refractivity contribution in [2.24, 2.45) is 5.92 Å². The zero-order valence-corrected chi connectivity index (χ0v) is 15.2. The molecule has 3 rings (SSSR count). The quantitative estimate of drug-likeness (QED) is 0.728. The minimum Gasteiger partial charge on any atom is -0.347 e.